The number of rotatable bonds is 2. The molecule has 0 fully saturated rings. The van der Waals surface area contributed by atoms with Crippen LogP contribution in [0.3, 0.4) is 0 Å². The fourth-order valence-corrected chi connectivity index (χ4v) is 1.55. The van der Waals surface area contributed by atoms with Crippen molar-refractivity contribution >= 4 is 12.2 Å². The maximum Gasteiger partial charge on any atom is -0.0256 e. The van der Waals surface area contributed by atoms with Crippen molar-refractivity contribution in [3.63, 3.8) is 0 Å². The van der Waals surface area contributed by atoms with Crippen molar-refractivity contribution in [2.45, 2.75) is 55.4 Å². The van der Waals surface area contributed by atoms with Crippen molar-refractivity contribution in [1.29, 1.82) is 0 Å². The quantitative estimate of drug-likeness (QED) is 0.502. The van der Waals surface area contributed by atoms with Crippen LogP contribution in [0.5, 0.6) is 0 Å². The number of hydrogen-bond acceptors (Lipinski definition) is 0. The summed E-state index contributed by atoms with van der Waals surface area (Å²) in [5.41, 5.74) is 5.08. The Labute approximate surface area is 138 Å². The fraction of sp³-hybridized carbons (Fsp3) is 0.364. The second kappa shape index (κ2) is 15.6. The van der Waals surface area contributed by atoms with Gasteiger partial charge in [-0.05, 0) is 25.0 Å². The van der Waals surface area contributed by atoms with Crippen molar-refractivity contribution < 1.29 is 0 Å². The van der Waals surface area contributed by atoms with E-state index in [2.05, 4.69) is 74.5 Å². The highest BCUT2D eigenvalue weighted by Crippen LogP contribution is 2.10. The van der Waals surface area contributed by atoms with Crippen LogP contribution in [0.25, 0.3) is 12.2 Å². The molecule has 0 saturated carbocycles. The lowest BCUT2D eigenvalue weighted by molar-refractivity contribution is 1.46. The molecule has 22 heavy (non-hydrogen) atoms. The Bertz CT molecular complexity index is 425. The smallest absolute Gasteiger partial charge is 0.0256 e. The molecule has 0 aliphatic heterocycles. The highest BCUT2D eigenvalue weighted by atomic mass is 13.9. The van der Waals surface area contributed by atoms with Gasteiger partial charge in [-0.1, -0.05) is 113 Å². The van der Waals surface area contributed by atoms with Crippen LogP contribution >= 0.6 is 0 Å². The van der Waals surface area contributed by atoms with Gasteiger partial charge in [0.25, 0.3) is 0 Å². The molecule has 0 heteroatoms. The number of benzene rings is 2. The Morgan fingerprint density at radius 2 is 0.682 bits per heavy atom. The molecule has 0 atom stereocenters. The fourth-order valence-electron chi connectivity index (χ4n) is 1.55. The molecule has 0 aromatic heterocycles. The van der Waals surface area contributed by atoms with Crippen molar-refractivity contribution in [1.82, 2.24) is 0 Å². The monoisotopic (exact) mass is 298 g/mol. The molecule has 0 unspecified atom stereocenters. The molecule has 0 N–H and O–H groups in total. The summed E-state index contributed by atoms with van der Waals surface area (Å²) in [6.45, 7) is 16.2. The van der Waals surface area contributed by atoms with E-state index in [1.54, 1.807) is 0 Å². The third-order valence-electron chi connectivity index (χ3n) is 2.62. The molecule has 0 aliphatic rings. The van der Waals surface area contributed by atoms with Crippen LogP contribution in [0, 0.1) is 13.8 Å². The van der Waals surface area contributed by atoms with E-state index < -0.39 is 0 Å². The number of hydrogen-bond donors (Lipinski definition) is 0. The van der Waals surface area contributed by atoms with Crippen LogP contribution in [-0.4, -0.2) is 0 Å². The molecule has 0 saturated heterocycles. The molecule has 2 rings (SSSR count). The van der Waals surface area contributed by atoms with E-state index in [0.29, 0.717) is 0 Å². The van der Waals surface area contributed by atoms with E-state index >= 15 is 0 Å². The Morgan fingerprint density at radius 1 is 0.455 bits per heavy atom. The van der Waals surface area contributed by atoms with Gasteiger partial charge < -0.3 is 0 Å². The predicted octanol–water partition coefficient (Wildman–Crippen LogP) is 7.55. The average molecular weight is 299 g/mol. The Morgan fingerprint density at radius 3 is 0.909 bits per heavy atom. The van der Waals surface area contributed by atoms with Crippen LogP contribution < -0.4 is 0 Å². The molecule has 0 heterocycles. The second-order valence-corrected chi connectivity index (χ2v) is 4.15. The molecule has 122 valence electrons. The zero-order valence-electron chi connectivity index (χ0n) is 15.8. The average Bonchev–Trinajstić information content (AvgIpc) is 2.61. The van der Waals surface area contributed by atoms with E-state index in [1.807, 2.05) is 41.5 Å². The first-order valence-corrected chi connectivity index (χ1v) is 8.55. The highest BCUT2D eigenvalue weighted by molar-refractivity contribution is 5.69. The topological polar surface area (TPSA) is 0 Å². The molecule has 2 aromatic carbocycles. The largest absolute Gasteiger partial charge is 0.0683 e. The van der Waals surface area contributed by atoms with Gasteiger partial charge in [-0.2, -0.15) is 0 Å². The zero-order chi connectivity index (χ0) is 17.4. The van der Waals surface area contributed by atoms with E-state index in [9.17, 15) is 0 Å². The van der Waals surface area contributed by atoms with Gasteiger partial charge in [0.1, 0.15) is 0 Å². The normalized spacial score (nSPS) is 8.73. The minimum absolute atomic E-state index is 1.24. The summed E-state index contributed by atoms with van der Waals surface area (Å²) in [5, 5.41) is 0. The zero-order valence-corrected chi connectivity index (χ0v) is 15.8. The van der Waals surface area contributed by atoms with Gasteiger partial charge in [0, 0.05) is 0 Å². The Kier molecular flexibility index (Phi) is 15.9. The summed E-state index contributed by atoms with van der Waals surface area (Å²) in [6.07, 6.45) is 4.29. The highest BCUT2D eigenvalue weighted by Gasteiger charge is 1.88. The summed E-state index contributed by atoms with van der Waals surface area (Å²) in [4.78, 5) is 0. The maximum atomic E-state index is 2.14. The Hall–Kier alpha value is -1.82. The third kappa shape index (κ3) is 9.99. The molecular formula is C22H34. The third-order valence-corrected chi connectivity index (χ3v) is 2.62. The SMILES string of the molecule is CC.CC.CC.Cc1ccc(/C=C/c2ccc(C)cc2)cc1. The van der Waals surface area contributed by atoms with E-state index in [-0.39, 0.29) is 0 Å². The Balaban J connectivity index is 0. The summed E-state index contributed by atoms with van der Waals surface area (Å²) < 4.78 is 0. The first-order valence-electron chi connectivity index (χ1n) is 8.55. The lowest BCUT2D eigenvalue weighted by atomic mass is 10.1. The number of aryl methyl sites for hydroxylation is 2. The summed E-state index contributed by atoms with van der Waals surface area (Å²) >= 11 is 0. The predicted molar refractivity (Wildman–Crippen MR) is 105 cm³/mol. The first kappa shape index (κ1) is 22.5. The van der Waals surface area contributed by atoms with Gasteiger partial charge in [0.05, 0.1) is 0 Å². The van der Waals surface area contributed by atoms with Crippen LogP contribution in [0.1, 0.15) is 63.8 Å². The molecule has 0 radical (unpaired) electrons. The van der Waals surface area contributed by atoms with Gasteiger partial charge in [0.2, 0.25) is 0 Å². The van der Waals surface area contributed by atoms with Gasteiger partial charge in [-0.3, -0.25) is 0 Å². The molecule has 0 nitrogen and oxygen atoms in total. The van der Waals surface area contributed by atoms with E-state index in [0.717, 1.165) is 0 Å². The van der Waals surface area contributed by atoms with Gasteiger partial charge in [-0.25, -0.2) is 0 Å². The summed E-state index contributed by atoms with van der Waals surface area (Å²) in [5.74, 6) is 0. The molecule has 2 aromatic rings. The second-order valence-electron chi connectivity index (χ2n) is 4.15. The lowest BCUT2D eigenvalue weighted by Gasteiger charge is -1.96. The molecule has 0 spiro atoms. The van der Waals surface area contributed by atoms with Gasteiger partial charge in [0.15, 0.2) is 0 Å². The van der Waals surface area contributed by atoms with Crippen LogP contribution in [0.4, 0.5) is 0 Å². The van der Waals surface area contributed by atoms with Crippen molar-refractivity contribution in [2.24, 2.45) is 0 Å². The maximum absolute atomic E-state index is 2.14. The van der Waals surface area contributed by atoms with Crippen LogP contribution in [0.2, 0.25) is 0 Å². The van der Waals surface area contributed by atoms with Gasteiger partial charge in [-0.15, -0.1) is 0 Å². The summed E-state index contributed by atoms with van der Waals surface area (Å²) in [7, 11) is 0. The van der Waals surface area contributed by atoms with Crippen molar-refractivity contribution in [3.05, 3.63) is 70.8 Å². The molecule has 0 aliphatic carbocycles. The minimum atomic E-state index is 1.24. The molecular weight excluding hydrogens is 264 g/mol. The minimum Gasteiger partial charge on any atom is -0.0683 e. The van der Waals surface area contributed by atoms with Crippen LogP contribution in [-0.2, 0) is 0 Å². The van der Waals surface area contributed by atoms with Crippen LogP contribution in [0.15, 0.2) is 48.5 Å². The summed E-state index contributed by atoms with van der Waals surface area (Å²) in [6, 6.07) is 17.1. The van der Waals surface area contributed by atoms with E-state index in [4.69, 9.17) is 0 Å². The first-order chi connectivity index (χ1) is 10.7. The standard InChI is InChI=1S/C16H16.3C2H6/c1-13-3-7-15(8-4-13)11-12-16-9-5-14(2)6-10-16;3*1-2/h3-12H,1-2H3;3*1-2H3/b12-11+;;;. The lowest BCUT2D eigenvalue weighted by Crippen LogP contribution is -1.75. The van der Waals surface area contributed by atoms with Crippen molar-refractivity contribution in [3.8, 4) is 0 Å². The van der Waals surface area contributed by atoms with Gasteiger partial charge >= 0.3 is 0 Å². The van der Waals surface area contributed by atoms with E-state index in [1.165, 1.54) is 22.3 Å². The van der Waals surface area contributed by atoms with Crippen molar-refractivity contribution in [2.75, 3.05) is 0 Å². The molecule has 0 amide bonds. The molecule has 0 bridgehead atoms.